The lowest BCUT2D eigenvalue weighted by molar-refractivity contribution is -0.283. The number of hydrogen-bond donors (Lipinski definition) is 1. The number of ketones is 1. The summed E-state index contributed by atoms with van der Waals surface area (Å²) in [4.78, 5) is 25.8. The molecule has 2 aromatic rings. The van der Waals surface area contributed by atoms with E-state index in [1.807, 2.05) is 13.8 Å². The van der Waals surface area contributed by atoms with Gasteiger partial charge in [-0.1, -0.05) is 42.5 Å². The summed E-state index contributed by atoms with van der Waals surface area (Å²) in [6, 6.07) is 13.5. The minimum atomic E-state index is -1.84. The van der Waals surface area contributed by atoms with Crippen LogP contribution in [0.15, 0.2) is 48.5 Å². The molecular formula is C21H18O6. The molecule has 138 valence electrons. The van der Waals surface area contributed by atoms with Crippen molar-refractivity contribution in [1.82, 2.24) is 0 Å². The topological polar surface area (TPSA) is 82.1 Å². The fourth-order valence-electron chi connectivity index (χ4n) is 4.49. The normalized spacial score (nSPS) is 33.3. The lowest BCUT2D eigenvalue weighted by atomic mass is 9.78. The third kappa shape index (κ3) is 1.90. The average Bonchev–Trinajstić information content (AvgIpc) is 2.88. The molecule has 3 heterocycles. The van der Waals surface area contributed by atoms with Gasteiger partial charge < -0.3 is 19.3 Å². The Kier molecular flexibility index (Phi) is 3.23. The number of carbonyl (C=O) groups excluding carboxylic acids is 2. The number of benzene rings is 2. The Morgan fingerprint density at radius 2 is 1.63 bits per heavy atom. The van der Waals surface area contributed by atoms with Crippen molar-refractivity contribution in [3.8, 4) is 0 Å². The number of esters is 1. The quantitative estimate of drug-likeness (QED) is 0.822. The highest BCUT2D eigenvalue weighted by molar-refractivity contribution is 6.05. The molecule has 0 saturated carbocycles. The maximum Gasteiger partial charge on any atom is 0.339 e. The number of fused-ring (bicyclic) bond motifs is 9. The van der Waals surface area contributed by atoms with Gasteiger partial charge in [0.25, 0.3) is 0 Å². The molecule has 1 fully saturated rings. The first-order valence-electron chi connectivity index (χ1n) is 8.92. The van der Waals surface area contributed by atoms with Gasteiger partial charge in [-0.2, -0.15) is 0 Å². The summed E-state index contributed by atoms with van der Waals surface area (Å²) >= 11 is 0. The molecular weight excluding hydrogens is 348 g/mol. The number of hydrogen-bond acceptors (Lipinski definition) is 6. The van der Waals surface area contributed by atoms with E-state index in [-0.39, 0.29) is 17.5 Å². The van der Waals surface area contributed by atoms with Crippen LogP contribution < -0.4 is 0 Å². The van der Waals surface area contributed by atoms with Crippen LogP contribution in [0.2, 0.25) is 0 Å². The van der Waals surface area contributed by atoms with Crippen molar-refractivity contribution in [2.45, 2.75) is 43.5 Å². The van der Waals surface area contributed by atoms with Crippen molar-refractivity contribution >= 4 is 11.8 Å². The van der Waals surface area contributed by atoms with Gasteiger partial charge in [0.2, 0.25) is 5.79 Å². The second-order valence-corrected chi connectivity index (χ2v) is 7.40. The van der Waals surface area contributed by atoms with Gasteiger partial charge >= 0.3 is 5.97 Å². The first-order valence-corrected chi connectivity index (χ1v) is 8.92. The maximum absolute atomic E-state index is 13.2. The van der Waals surface area contributed by atoms with Crippen molar-refractivity contribution < 1.29 is 28.9 Å². The smallest absolute Gasteiger partial charge is 0.339 e. The van der Waals surface area contributed by atoms with E-state index in [4.69, 9.17) is 14.2 Å². The number of rotatable bonds is 2. The van der Waals surface area contributed by atoms with E-state index >= 15 is 0 Å². The first-order chi connectivity index (χ1) is 12.9. The Hall–Kier alpha value is -2.54. The summed E-state index contributed by atoms with van der Waals surface area (Å²) in [5.41, 5.74) is -0.412. The fourth-order valence-corrected chi connectivity index (χ4v) is 4.49. The lowest BCUT2D eigenvalue weighted by Gasteiger charge is -2.41. The van der Waals surface area contributed by atoms with Gasteiger partial charge in [0.1, 0.15) is 0 Å². The number of aliphatic hydroxyl groups is 1. The second-order valence-electron chi connectivity index (χ2n) is 7.40. The molecule has 0 spiro atoms. The molecule has 0 radical (unpaired) electrons. The van der Waals surface area contributed by atoms with Crippen molar-refractivity contribution in [1.29, 1.82) is 0 Å². The molecule has 4 atom stereocenters. The van der Waals surface area contributed by atoms with Crippen LogP contribution in [0.3, 0.4) is 0 Å². The molecule has 0 aromatic heterocycles. The van der Waals surface area contributed by atoms with Gasteiger partial charge in [-0.15, -0.1) is 0 Å². The van der Waals surface area contributed by atoms with Crippen molar-refractivity contribution in [3.05, 3.63) is 70.8 Å². The third-order valence-electron chi connectivity index (χ3n) is 5.46. The van der Waals surface area contributed by atoms with Crippen LogP contribution in [0, 0.1) is 0 Å². The monoisotopic (exact) mass is 366 g/mol. The van der Waals surface area contributed by atoms with E-state index in [0.29, 0.717) is 16.7 Å². The molecule has 0 unspecified atom stereocenters. The van der Waals surface area contributed by atoms with Crippen LogP contribution in [0.25, 0.3) is 0 Å². The van der Waals surface area contributed by atoms with Crippen LogP contribution in [0.1, 0.15) is 45.7 Å². The van der Waals surface area contributed by atoms with E-state index in [0.717, 1.165) is 0 Å². The number of ether oxygens (including phenoxy) is 3. The van der Waals surface area contributed by atoms with Crippen LogP contribution in [-0.4, -0.2) is 35.2 Å². The molecule has 0 amide bonds. The molecule has 1 N–H and O–H groups in total. The lowest BCUT2D eigenvalue weighted by Crippen LogP contribution is -2.55. The summed E-state index contributed by atoms with van der Waals surface area (Å²) in [5.74, 6) is -2.49. The molecule has 6 heteroatoms. The Labute approximate surface area is 155 Å². The first kappa shape index (κ1) is 16.6. The predicted octanol–water partition coefficient (Wildman–Crippen LogP) is 2.29. The molecule has 1 saturated heterocycles. The van der Waals surface area contributed by atoms with E-state index in [2.05, 4.69) is 0 Å². The van der Waals surface area contributed by atoms with Gasteiger partial charge in [0, 0.05) is 16.7 Å². The Balaban J connectivity index is 1.83. The molecule has 6 nitrogen and oxygen atoms in total. The second kappa shape index (κ2) is 5.25. The van der Waals surface area contributed by atoms with Gasteiger partial charge in [0.05, 0.1) is 11.7 Å². The maximum atomic E-state index is 13.2. The molecule has 2 bridgehead atoms. The summed E-state index contributed by atoms with van der Waals surface area (Å²) < 4.78 is 17.9. The van der Waals surface area contributed by atoms with Crippen molar-refractivity contribution in [2.24, 2.45) is 0 Å². The highest BCUT2D eigenvalue weighted by atomic mass is 16.8. The zero-order chi connectivity index (χ0) is 19.0. The summed E-state index contributed by atoms with van der Waals surface area (Å²) in [6.07, 6.45) is -2.73. The van der Waals surface area contributed by atoms with E-state index in [9.17, 15) is 14.7 Å². The molecule has 5 rings (SSSR count). The Morgan fingerprint density at radius 1 is 1.00 bits per heavy atom. The zero-order valence-corrected chi connectivity index (χ0v) is 14.8. The van der Waals surface area contributed by atoms with Gasteiger partial charge in [-0.05, 0) is 19.9 Å². The highest BCUT2D eigenvalue weighted by Crippen LogP contribution is 2.58. The third-order valence-corrected chi connectivity index (χ3v) is 5.46. The Morgan fingerprint density at radius 3 is 2.33 bits per heavy atom. The molecule has 27 heavy (non-hydrogen) atoms. The summed E-state index contributed by atoms with van der Waals surface area (Å²) in [7, 11) is 0. The summed E-state index contributed by atoms with van der Waals surface area (Å²) in [6.45, 7) is 3.64. The highest BCUT2D eigenvalue weighted by Gasteiger charge is 2.75. The number of carbonyl (C=O) groups is 2. The largest absolute Gasteiger partial charge is 0.449 e. The van der Waals surface area contributed by atoms with Gasteiger partial charge in [-0.25, -0.2) is 4.79 Å². The van der Waals surface area contributed by atoms with E-state index in [1.165, 1.54) is 0 Å². The Bertz CT molecular complexity index is 982. The van der Waals surface area contributed by atoms with Crippen LogP contribution in [0.5, 0.6) is 0 Å². The van der Waals surface area contributed by atoms with Gasteiger partial charge in [0.15, 0.2) is 23.6 Å². The van der Waals surface area contributed by atoms with Crippen LogP contribution in [0.4, 0.5) is 0 Å². The minimum Gasteiger partial charge on any atom is -0.449 e. The SMILES string of the molecule is CC(C)O[C@]12O[C@H](C(=O)c3ccccc31)[C@]1(O)c3ccccc3C(=O)O[C@H]21. The molecule has 3 aliphatic heterocycles. The molecule has 3 aliphatic rings. The van der Waals surface area contributed by atoms with E-state index < -0.39 is 29.6 Å². The van der Waals surface area contributed by atoms with Crippen LogP contribution in [-0.2, 0) is 25.6 Å². The fraction of sp³-hybridized carbons (Fsp3) is 0.333. The number of Topliss-reactive ketones (excluding diaryl/α,β-unsaturated/α-hetero) is 1. The van der Waals surface area contributed by atoms with Crippen molar-refractivity contribution in [2.75, 3.05) is 0 Å². The van der Waals surface area contributed by atoms with Gasteiger partial charge in [-0.3, -0.25) is 4.79 Å². The van der Waals surface area contributed by atoms with Crippen LogP contribution >= 0.6 is 0 Å². The van der Waals surface area contributed by atoms with E-state index in [1.54, 1.807) is 48.5 Å². The zero-order valence-electron chi connectivity index (χ0n) is 14.8. The molecule has 2 aromatic carbocycles. The summed E-state index contributed by atoms with van der Waals surface area (Å²) in [5, 5.41) is 11.8. The standard InChI is InChI=1S/C21H18O6/c1-11(2)26-21-15-10-6-3-7-12(15)16(22)17(27-21)20(24)14-9-5-4-8-13(14)18(23)25-19(20)21/h3-11,17,19,24H,1-2H3/t17-,19+,20-,21+/m1/s1. The predicted molar refractivity (Wildman–Crippen MR) is 93.1 cm³/mol. The average molecular weight is 366 g/mol. The van der Waals surface area contributed by atoms with Crippen molar-refractivity contribution in [3.63, 3.8) is 0 Å². The molecule has 0 aliphatic carbocycles. The minimum absolute atomic E-state index is 0.226.